The predicted molar refractivity (Wildman–Crippen MR) is 87.7 cm³/mol. The summed E-state index contributed by atoms with van der Waals surface area (Å²) in [5, 5.41) is 0. The summed E-state index contributed by atoms with van der Waals surface area (Å²) in [6.45, 7) is 4.28. The Labute approximate surface area is 127 Å². The quantitative estimate of drug-likeness (QED) is 0.807. The Bertz CT molecular complexity index is 551. The van der Waals surface area contributed by atoms with E-state index in [0.29, 0.717) is 0 Å². The molecule has 1 atom stereocenters. The second-order valence-corrected chi connectivity index (χ2v) is 6.67. The summed E-state index contributed by atoms with van der Waals surface area (Å²) in [4.78, 5) is 1.25. The topological polar surface area (TPSA) is 26.0 Å². The van der Waals surface area contributed by atoms with E-state index in [1.165, 1.54) is 21.6 Å². The first-order chi connectivity index (χ1) is 9.08. The maximum absolute atomic E-state index is 6.31. The van der Waals surface area contributed by atoms with Gasteiger partial charge >= 0.3 is 0 Å². The molecule has 0 radical (unpaired) electrons. The Balaban J connectivity index is 2.03. The number of thioether (sulfide) groups is 1. The van der Waals surface area contributed by atoms with Gasteiger partial charge in [-0.05, 0) is 54.8 Å². The van der Waals surface area contributed by atoms with Gasteiger partial charge in [0.05, 0.1) is 0 Å². The normalized spacial score (nSPS) is 12.4. The van der Waals surface area contributed by atoms with Gasteiger partial charge in [0.2, 0.25) is 0 Å². The lowest BCUT2D eigenvalue weighted by Crippen LogP contribution is -2.14. The van der Waals surface area contributed by atoms with E-state index >= 15 is 0 Å². The van der Waals surface area contributed by atoms with Gasteiger partial charge in [0.15, 0.2) is 0 Å². The molecule has 1 unspecified atom stereocenters. The van der Waals surface area contributed by atoms with Gasteiger partial charge in [-0.3, -0.25) is 0 Å². The van der Waals surface area contributed by atoms with Crippen LogP contribution in [0.25, 0.3) is 0 Å². The van der Waals surface area contributed by atoms with Gasteiger partial charge in [0.1, 0.15) is 0 Å². The van der Waals surface area contributed by atoms with Crippen molar-refractivity contribution in [1.82, 2.24) is 0 Å². The Kier molecular flexibility index (Phi) is 5.08. The monoisotopic (exact) mass is 335 g/mol. The summed E-state index contributed by atoms with van der Waals surface area (Å²) >= 11 is 5.25. The summed E-state index contributed by atoms with van der Waals surface area (Å²) in [7, 11) is 0. The van der Waals surface area contributed by atoms with Crippen LogP contribution in [0.2, 0.25) is 0 Å². The zero-order valence-electron chi connectivity index (χ0n) is 11.2. The zero-order valence-corrected chi connectivity index (χ0v) is 13.6. The van der Waals surface area contributed by atoms with Crippen molar-refractivity contribution in [3.8, 4) is 0 Å². The Morgan fingerprint density at radius 3 is 2.47 bits per heavy atom. The minimum Gasteiger partial charge on any atom is -0.323 e. The standard InChI is InChI=1S/C16H18BrNS/c1-11-4-3-5-15(12(11)2)16(18)10-19-14-8-6-13(17)7-9-14/h3-9,16H,10,18H2,1-2H3. The van der Waals surface area contributed by atoms with Crippen molar-refractivity contribution in [2.75, 3.05) is 5.75 Å². The van der Waals surface area contributed by atoms with Gasteiger partial charge in [-0.25, -0.2) is 0 Å². The lowest BCUT2D eigenvalue weighted by atomic mass is 9.99. The maximum atomic E-state index is 6.31. The highest BCUT2D eigenvalue weighted by molar-refractivity contribution is 9.10. The van der Waals surface area contributed by atoms with Crippen LogP contribution < -0.4 is 5.73 Å². The van der Waals surface area contributed by atoms with Crippen LogP contribution in [0, 0.1) is 13.8 Å². The molecule has 2 aromatic carbocycles. The molecule has 0 aliphatic carbocycles. The molecular formula is C16H18BrNS. The van der Waals surface area contributed by atoms with Crippen LogP contribution in [0.15, 0.2) is 51.8 Å². The molecule has 19 heavy (non-hydrogen) atoms. The summed E-state index contributed by atoms with van der Waals surface area (Å²) in [6.07, 6.45) is 0. The highest BCUT2D eigenvalue weighted by Gasteiger charge is 2.10. The van der Waals surface area contributed by atoms with Crippen LogP contribution in [-0.4, -0.2) is 5.75 Å². The number of hydrogen-bond acceptors (Lipinski definition) is 2. The fourth-order valence-corrected chi connectivity index (χ4v) is 3.13. The molecule has 0 fully saturated rings. The second kappa shape index (κ2) is 6.60. The minimum atomic E-state index is 0.0774. The highest BCUT2D eigenvalue weighted by atomic mass is 79.9. The van der Waals surface area contributed by atoms with Crippen molar-refractivity contribution in [1.29, 1.82) is 0 Å². The van der Waals surface area contributed by atoms with E-state index in [4.69, 9.17) is 5.73 Å². The lowest BCUT2D eigenvalue weighted by Gasteiger charge is -2.16. The molecule has 2 rings (SSSR count). The minimum absolute atomic E-state index is 0.0774. The fraction of sp³-hybridized carbons (Fsp3) is 0.250. The summed E-state index contributed by atoms with van der Waals surface area (Å²) in [6, 6.07) is 14.8. The average molecular weight is 336 g/mol. The smallest absolute Gasteiger partial charge is 0.0393 e. The molecular weight excluding hydrogens is 318 g/mol. The number of benzene rings is 2. The average Bonchev–Trinajstić information content (AvgIpc) is 2.41. The first-order valence-corrected chi connectivity index (χ1v) is 8.06. The molecule has 100 valence electrons. The van der Waals surface area contributed by atoms with Crippen molar-refractivity contribution in [3.05, 3.63) is 63.6 Å². The molecule has 0 amide bonds. The first kappa shape index (κ1) is 14.6. The lowest BCUT2D eigenvalue weighted by molar-refractivity contribution is 0.820. The van der Waals surface area contributed by atoms with Crippen LogP contribution >= 0.6 is 27.7 Å². The molecule has 2 aromatic rings. The molecule has 0 saturated carbocycles. The molecule has 0 spiro atoms. The van der Waals surface area contributed by atoms with E-state index in [9.17, 15) is 0 Å². The number of nitrogens with two attached hydrogens (primary N) is 1. The van der Waals surface area contributed by atoms with Crippen molar-refractivity contribution in [2.24, 2.45) is 5.73 Å². The molecule has 0 heterocycles. The number of aryl methyl sites for hydroxylation is 1. The number of hydrogen-bond donors (Lipinski definition) is 1. The SMILES string of the molecule is Cc1cccc(C(N)CSc2ccc(Br)cc2)c1C. The molecule has 2 N–H and O–H groups in total. The molecule has 3 heteroatoms. The van der Waals surface area contributed by atoms with Crippen molar-refractivity contribution in [3.63, 3.8) is 0 Å². The van der Waals surface area contributed by atoms with E-state index in [-0.39, 0.29) is 6.04 Å². The van der Waals surface area contributed by atoms with Crippen molar-refractivity contribution >= 4 is 27.7 Å². The van der Waals surface area contributed by atoms with Gasteiger partial charge in [-0.1, -0.05) is 34.1 Å². The maximum Gasteiger partial charge on any atom is 0.0393 e. The second-order valence-electron chi connectivity index (χ2n) is 4.66. The molecule has 0 aromatic heterocycles. The Hall–Kier alpha value is -0.770. The van der Waals surface area contributed by atoms with Crippen LogP contribution in [0.3, 0.4) is 0 Å². The Morgan fingerprint density at radius 1 is 1.11 bits per heavy atom. The van der Waals surface area contributed by atoms with Gasteiger partial charge in [-0.2, -0.15) is 0 Å². The molecule has 0 bridgehead atoms. The Morgan fingerprint density at radius 2 is 1.79 bits per heavy atom. The zero-order chi connectivity index (χ0) is 13.8. The van der Waals surface area contributed by atoms with E-state index < -0.39 is 0 Å². The van der Waals surface area contributed by atoms with Gasteiger partial charge < -0.3 is 5.73 Å². The van der Waals surface area contributed by atoms with E-state index in [1.54, 1.807) is 11.8 Å². The van der Waals surface area contributed by atoms with E-state index in [0.717, 1.165) is 10.2 Å². The third kappa shape index (κ3) is 3.85. The molecule has 0 aliphatic rings. The van der Waals surface area contributed by atoms with Gasteiger partial charge in [-0.15, -0.1) is 11.8 Å². The molecule has 1 nitrogen and oxygen atoms in total. The first-order valence-electron chi connectivity index (χ1n) is 6.28. The van der Waals surface area contributed by atoms with Crippen LogP contribution in [0.4, 0.5) is 0 Å². The molecule has 0 aliphatic heterocycles. The largest absolute Gasteiger partial charge is 0.323 e. The van der Waals surface area contributed by atoms with Crippen LogP contribution in [0.1, 0.15) is 22.7 Å². The summed E-state index contributed by atoms with van der Waals surface area (Å²) in [5.74, 6) is 0.895. The van der Waals surface area contributed by atoms with E-state index in [1.807, 2.05) is 0 Å². The summed E-state index contributed by atoms with van der Waals surface area (Å²) < 4.78 is 1.11. The third-order valence-electron chi connectivity index (χ3n) is 3.29. The van der Waals surface area contributed by atoms with Crippen LogP contribution in [-0.2, 0) is 0 Å². The highest BCUT2D eigenvalue weighted by Crippen LogP contribution is 2.27. The third-order valence-corrected chi connectivity index (χ3v) is 4.95. The van der Waals surface area contributed by atoms with Gasteiger partial charge in [0.25, 0.3) is 0 Å². The van der Waals surface area contributed by atoms with Gasteiger partial charge in [0, 0.05) is 21.2 Å². The fourth-order valence-electron chi connectivity index (χ4n) is 1.98. The number of halogens is 1. The number of rotatable bonds is 4. The van der Waals surface area contributed by atoms with Crippen molar-refractivity contribution in [2.45, 2.75) is 24.8 Å². The van der Waals surface area contributed by atoms with E-state index in [2.05, 4.69) is 72.2 Å². The molecule has 0 saturated heterocycles. The summed E-state index contributed by atoms with van der Waals surface area (Å²) in [5.41, 5.74) is 10.2. The van der Waals surface area contributed by atoms with Crippen LogP contribution in [0.5, 0.6) is 0 Å². The van der Waals surface area contributed by atoms with Crippen molar-refractivity contribution < 1.29 is 0 Å². The predicted octanol–water partition coefficient (Wildman–Crippen LogP) is 4.86.